The molecule has 0 radical (unpaired) electrons. The van der Waals surface area contributed by atoms with Crippen molar-refractivity contribution in [1.29, 1.82) is 0 Å². The van der Waals surface area contributed by atoms with Gasteiger partial charge in [-0.3, -0.25) is 0 Å². The zero-order valence-electron chi connectivity index (χ0n) is 10.3. The molecule has 0 fully saturated rings. The van der Waals surface area contributed by atoms with Crippen LogP contribution in [0.4, 0.5) is 0 Å². The van der Waals surface area contributed by atoms with Crippen LogP contribution in [0.2, 0.25) is 0 Å². The van der Waals surface area contributed by atoms with Gasteiger partial charge in [-0.1, -0.05) is 27.7 Å². The van der Waals surface area contributed by atoms with Gasteiger partial charge < -0.3 is 10.1 Å². The summed E-state index contributed by atoms with van der Waals surface area (Å²) < 4.78 is 5.50. The van der Waals surface area contributed by atoms with Gasteiger partial charge in [0, 0.05) is 19.3 Å². The second kappa shape index (κ2) is 9.47. The molecule has 0 aliphatic carbocycles. The molecule has 14 heavy (non-hydrogen) atoms. The highest BCUT2D eigenvalue weighted by atomic mass is 16.5. The lowest BCUT2D eigenvalue weighted by Crippen LogP contribution is -2.23. The fourth-order valence-electron chi connectivity index (χ4n) is 1.22. The molecule has 0 bridgehead atoms. The third kappa shape index (κ3) is 11.9. The van der Waals surface area contributed by atoms with E-state index in [4.69, 9.17) is 4.74 Å². The maximum absolute atomic E-state index is 5.50. The van der Waals surface area contributed by atoms with Crippen LogP contribution in [0, 0.1) is 5.92 Å². The highest BCUT2D eigenvalue weighted by molar-refractivity contribution is 4.52. The van der Waals surface area contributed by atoms with Crippen LogP contribution in [-0.4, -0.2) is 25.8 Å². The van der Waals surface area contributed by atoms with Gasteiger partial charge in [-0.2, -0.15) is 0 Å². The molecule has 0 atom stereocenters. The summed E-state index contributed by atoms with van der Waals surface area (Å²) in [5.41, 5.74) is 0. The van der Waals surface area contributed by atoms with E-state index in [0.29, 0.717) is 12.0 Å². The van der Waals surface area contributed by atoms with Gasteiger partial charge in [0.2, 0.25) is 0 Å². The molecule has 0 aromatic carbocycles. The quantitative estimate of drug-likeness (QED) is 0.579. The Hall–Kier alpha value is -0.0800. The largest absolute Gasteiger partial charge is 0.381 e. The zero-order valence-corrected chi connectivity index (χ0v) is 10.3. The SMILES string of the molecule is CC(C)COCCCCCNC(C)C. The third-order valence-corrected chi connectivity index (χ3v) is 1.97. The van der Waals surface area contributed by atoms with Gasteiger partial charge >= 0.3 is 0 Å². The van der Waals surface area contributed by atoms with Gasteiger partial charge in [0.1, 0.15) is 0 Å². The number of rotatable bonds is 9. The topological polar surface area (TPSA) is 21.3 Å². The van der Waals surface area contributed by atoms with Gasteiger partial charge in [-0.05, 0) is 31.7 Å². The van der Waals surface area contributed by atoms with Crippen LogP contribution in [0.3, 0.4) is 0 Å². The predicted octanol–water partition coefficient (Wildman–Crippen LogP) is 2.83. The van der Waals surface area contributed by atoms with Crippen LogP contribution in [0.5, 0.6) is 0 Å². The van der Waals surface area contributed by atoms with E-state index >= 15 is 0 Å². The molecule has 0 unspecified atom stereocenters. The van der Waals surface area contributed by atoms with E-state index in [2.05, 4.69) is 33.0 Å². The Morgan fingerprint density at radius 2 is 1.71 bits per heavy atom. The minimum atomic E-state index is 0.618. The monoisotopic (exact) mass is 201 g/mol. The summed E-state index contributed by atoms with van der Waals surface area (Å²) in [6, 6.07) is 0.618. The lowest BCUT2D eigenvalue weighted by molar-refractivity contribution is 0.106. The first-order valence-electron chi connectivity index (χ1n) is 5.94. The first-order chi connectivity index (χ1) is 6.63. The summed E-state index contributed by atoms with van der Waals surface area (Å²) in [6.07, 6.45) is 3.74. The Morgan fingerprint density at radius 1 is 1.00 bits per heavy atom. The molecule has 1 N–H and O–H groups in total. The van der Waals surface area contributed by atoms with Gasteiger partial charge in [0.15, 0.2) is 0 Å². The van der Waals surface area contributed by atoms with E-state index in [-0.39, 0.29) is 0 Å². The molecule has 0 saturated carbocycles. The van der Waals surface area contributed by atoms with Crippen molar-refractivity contribution in [2.24, 2.45) is 5.92 Å². The zero-order chi connectivity index (χ0) is 10.8. The van der Waals surface area contributed by atoms with Crippen molar-refractivity contribution in [3.05, 3.63) is 0 Å². The molecule has 2 nitrogen and oxygen atoms in total. The maximum atomic E-state index is 5.50. The number of ether oxygens (including phenoxy) is 1. The molecule has 0 aromatic heterocycles. The number of unbranched alkanes of at least 4 members (excludes halogenated alkanes) is 2. The molecular weight excluding hydrogens is 174 g/mol. The van der Waals surface area contributed by atoms with Crippen molar-refractivity contribution in [1.82, 2.24) is 5.32 Å². The average molecular weight is 201 g/mol. The second-order valence-corrected chi connectivity index (χ2v) is 4.64. The second-order valence-electron chi connectivity index (χ2n) is 4.64. The summed E-state index contributed by atoms with van der Waals surface area (Å²) in [7, 11) is 0. The Labute approximate surface area is 89.4 Å². The summed E-state index contributed by atoms with van der Waals surface area (Å²) in [5, 5.41) is 3.41. The van der Waals surface area contributed by atoms with E-state index in [1.807, 2.05) is 0 Å². The molecule has 86 valence electrons. The maximum Gasteiger partial charge on any atom is 0.0488 e. The molecule has 2 heteroatoms. The lowest BCUT2D eigenvalue weighted by atomic mass is 10.2. The van der Waals surface area contributed by atoms with Crippen molar-refractivity contribution in [2.45, 2.75) is 53.0 Å². The predicted molar refractivity (Wildman–Crippen MR) is 62.6 cm³/mol. The molecule has 0 aromatic rings. The van der Waals surface area contributed by atoms with Crippen molar-refractivity contribution < 1.29 is 4.74 Å². The lowest BCUT2D eigenvalue weighted by Gasteiger charge is -2.08. The number of hydrogen-bond acceptors (Lipinski definition) is 2. The molecule has 0 rings (SSSR count). The molecule has 0 amide bonds. The number of nitrogens with one attached hydrogen (secondary N) is 1. The normalized spacial score (nSPS) is 11.6. The Bertz CT molecular complexity index is 98.9. The first kappa shape index (κ1) is 13.9. The van der Waals surface area contributed by atoms with Crippen LogP contribution in [-0.2, 0) is 4.74 Å². The smallest absolute Gasteiger partial charge is 0.0488 e. The summed E-state index contributed by atoms with van der Waals surface area (Å²) in [5.74, 6) is 0.664. The molecule has 0 heterocycles. The highest BCUT2D eigenvalue weighted by Crippen LogP contribution is 1.98. The van der Waals surface area contributed by atoms with Crippen molar-refractivity contribution >= 4 is 0 Å². The Morgan fingerprint density at radius 3 is 2.29 bits per heavy atom. The summed E-state index contributed by atoms with van der Waals surface area (Å²) in [4.78, 5) is 0. The Kier molecular flexibility index (Phi) is 9.42. The van der Waals surface area contributed by atoms with E-state index < -0.39 is 0 Å². The summed E-state index contributed by atoms with van der Waals surface area (Å²) >= 11 is 0. The van der Waals surface area contributed by atoms with Crippen LogP contribution >= 0.6 is 0 Å². The van der Waals surface area contributed by atoms with Crippen molar-refractivity contribution in [3.63, 3.8) is 0 Å². The van der Waals surface area contributed by atoms with Gasteiger partial charge in [0.05, 0.1) is 0 Å². The third-order valence-electron chi connectivity index (χ3n) is 1.97. The first-order valence-corrected chi connectivity index (χ1v) is 5.94. The molecule has 0 aliphatic rings. The Balaban J connectivity index is 2.92. The van der Waals surface area contributed by atoms with Gasteiger partial charge in [-0.15, -0.1) is 0 Å². The van der Waals surface area contributed by atoms with Gasteiger partial charge in [-0.25, -0.2) is 0 Å². The van der Waals surface area contributed by atoms with E-state index in [0.717, 1.165) is 19.8 Å². The van der Waals surface area contributed by atoms with Crippen molar-refractivity contribution in [3.8, 4) is 0 Å². The van der Waals surface area contributed by atoms with E-state index in [9.17, 15) is 0 Å². The van der Waals surface area contributed by atoms with Crippen LogP contribution < -0.4 is 5.32 Å². The van der Waals surface area contributed by atoms with Crippen LogP contribution in [0.15, 0.2) is 0 Å². The minimum Gasteiger partial charge on any atom is -0.381 e. The van der Waals surface area contributed by atoms with Crippen molar-refractivity contribution in [2.75, 3.05) is 19.8 Å². The number of hydrogen-bond donors (Lipinski definition) is 1. The molecule has 0 spiro atoms. The molecular formula is C12H27NO. The fraction of sp³-hybridized carbons (Fsp3) is 1.00. The average Bonchev–Trinajstić information content (AvgIpc) is 2.08. The van der Waals surface area contributed by atoms with E-state index in [1.54, 1.807) is 0 Å². The molecule has 0 saturated heterocycles. The minimum absolute atomic E-state index is 0.618. The molecule has 0 aliphatic heterocycles. The standard InChI is InChI=1S/C12H27NO/c1-11(2)10-14-9-7-5-6-8-13-12(3)4/h11-13H,5-10H2,1-4H3. The van der Waals surface area contributed by atoms with Gasteiger partial charge in [0.25, 0.3) is 0 Å². The fourth-order valence-corrected chi connectivity index (χ4v) is 1.22. The van der Waals surface area contributed by atoms with Crippen LogP contribution in [0.1, 0.15) is 47.0 Å². The van der Waals surface area contributed by atoms with Crippen LogP contribution in [0.25, 0.3) is 0 Å². The van der Waals surface area contributed by atoms with E-state index in [1.165, 1.54) is 19.3 Å². The summed E-state index contributed by atoms with van der Waals surface area (Å²) in [6.45, 7) is 11.7. The highest BCUT2D eigenvalue weighted by Gasteiger charge is 1.94.